The summed E-state index contributed by atoms with van der Waals surface area (Å²) in [6.45, 7) is 1.90. The fourth-order valence-electron chi connectivity index (χ4n) is 2.34. The van der Waals surface area contributed by atoms with Crippen molar-refractivity contribution in [2.45, 2.75) is 13.0 Å². The highest BCUT2D eigenvalue weighted by molar-refractivity contribution is 7.80. The number of nitrogens with zero attached hydrogens (tertiary/aromatic N) is 2. The topological polar surface area (TPSA) is 67.5 Å². The first-order chi connectivity index (χ1) is 10.6. The number of rotatable bonds is 2. The van der Waals surface area contributed by atoms with Crippen molar-refractivity contribution in [1.29, 1.82) is 0 Å². The zero-order valence-electron chi connectivity index (χ0n) is 11.8. The summed E-state index contributed by atoms with van der Waals surface area (Å²) in [5, 5.41) is 14.2. The van der Waals surface area contributed by atoms with Crippen LogP contribution in [0.5, 0.6) is 0 Å². The smallest absolute Gasteiger partial charge is 0.270 e. The lowest BCUT2D eigenvalue weighted by Crippen LogP contribution is -2.20. The van der Waals surface area contributed by atoms with Gasteiger partial charge in [0.1, 0.15) is 4.99 Å². The quantitative estimate of drug-likeness (QED) is 0.523. The number of thiocarbonyl (C=S) groups is 1. The van der Waals surface area contributed by atoms with Gasteiger partial charge in [-0.2, -0.15) is 0 Å². The molecule has 1 aliphatic rings. The minimum atomic E-state index is -0.407. The predicted octanol–water partition coefficient (Wildman–Crippen LogP) is 3.57. The molecule has 1 atom stereocenters. The van der Waals surface area contributed by atoms with Crippen LogP contribution in [0.4, 0.5) is 11.4 Å². The Morgan fingerprint density at radius 3 is 2.64 bits per heavy atom. The van der Waals surface area contributed by atoms with Gasteiger partial charge in [-0.15, -0.1) is 0 Å². The first kappa shape index (κ1) is 14.3. The summed E-state index contributed by atoms with van der Waals surface area (Å²) < 4.78 is 0. The van der Waals surface area contributed by atoms with Crippen LogP contribution in [-0.4, -0.2) is 21.7 Å². The van der Waals surface area contributed by atoms with Crippen molar-refractivity contribution >= 4 is 34.3 Å². The number of nitro groups is 1. The molecule has 2 aromatic rings. The molecule has 0 saturated carbocycles. The maximum atomic E-state index is 11.1. The standard InChI is InChI=1S/C16H13N3O2S/c1-10-16(22)18-14-8-7-12(19(20)21)9-13(14)15(17-10)11-5-3-2-4-6-11/h2-10H,1H3,(H,18,22). The van der Waals surface area contributed by atoms with Crippen LogP contribution in [-0.2, 0) is 0 Å². The van der Waals surface area contributed by atoms with Crippen LogP contribution in [0.1, 0.15) is 18.1 Å². The number of anilines is 1. The van der Waals surface area contributed by atoms with E-state index in [1.165, 1.54) is 12.1 Å². The van der Waals surface area contributed by atoms with Crippen molar-refractivity contribution in [2.75, 3.05) is 5.32 Å². The van der Waals surface area contributed by atoms with Crippen molar-refractivity contribution in [2.24, 2.45) is 4.99 Å². The molecule has 1 unspecified atom stereocenters. The second-order valence-electron chi connectivity index (χ2n) is 5.00. The first-order valence-corrected chi connectivity index (χ1v) is 7.20. The minimum absolute atomic E-state index is 0.0321. The normalized spacial score (nSPS) is 17.0. The van der Waals surface area contributed by atoms with Gasteiger partial charge in [-0.3, -0.25) is 15.1 Å². The predicted molar refractivity (Wildman–Crippen MR) is 90.9 cm³/mol. The molecule has 22 heavy (non-hydrogen) atoms. The van der Waals surface area contributed by atoms with E-state index in [1.54, 1.807) is 6.07 Å². The van der Waals surface area contributed by atoms with Crippen LogP contribution in [0.15, 0.2) is 53.5 Å². The van der Waals surface area contributed by atoms with E-state index in [0.29, 0.717) is 16.3 Å². The maximum Gasteiger partial charge on any atom is 0.270 e. The number of nitro benzene ring substituents is 1. The molecule has 6 heteroatoms. The van der Waals surface area contributed by atoms with Crippen LogP contribution in [0.25, 0.3) is 0 Å². The van der Waals surface area contributed by atoms with Crippen molar-refractivity contribution in [3.05, 3.63) is 69.8 Å². The number of nitrogens with one attached hydrogen (secondary N) is 1. The van der Waals surface area contributed by atoms with Crippen molar-refractivity contribution in [3.63, 3.8) is 0 Å². The number of hydrogen-bond donors (Lipinski definition) is 1. The molecular formula is C16H13N3O2S. The van der Waals surface area contributed by atoms with E-state index in [1.807, 2.05) is 37.3 Å². The highest BCUT2D eigenvalue weighted by Crippen LogP contribution is 2.28. The molecule has 1 N–H and O–H groups in total. The lowest BCUT2D eigenvalue weighted by atomic mass is 10.00. The molecule has 2 aromatic carbocycles. The fraction of sp³-hybridized carbons (Fsp3) is 0.125. The summed E-state index contributed by atoms with van der Waals surface area (Å²) in [6, 6.07) is 14.1. The molecule has 5 nitrogen and oxygen atoms in total. The number of hydrogen-bond acceptors (Lipinski definition) is 4. The number of benzene rings is 2. The maximum absolute atomic E-state index is 11.1. The van der Waals surface area contributed by atoms with Gasteiger partial charge >= 0.3 is 0 Å². The van der Waals surface area contributed by atoms with E-state index in [2.05, 4.69) is 10.3 Å². The zero-order chi connectivity index (χ0) is 15.7. The second kappa shape index (κ2) is 5.65. The zero-order valence-corrected chi connectivity index (χ0v) is 12.6. The molecule has 0 radical (unpaired) electrons. The Morgan fingerprint density at radius 2 is 1.95 bits per heavy atom. The van der Waals surface area contributed by atoms with Crippen molar-refractivity contribution in [1.82, 2.24) is 0 Å². The van der Waals surface area contributed by atoms with Gasteiger partial charge in [0, 0.05) is 28.9 Å². The highest BCUT2D eigenvalue weighted by atomic mass is 32.1. The van der Waals surface area contributed by atoms with E-state index in [4.69, 9.17) is 12.2 Å². The molecular weight excluding hydrogens is 298 g/mol. The van der Waals surface area contributed by atoms with Crippen LogP contribution in [0, 0.1) is 10.1 Å². The van der Waals surface area contributed by atoms with Gasteiger partial charge in [-0.25, -0.2) is 0 Å². The minimum Gasteiger partial charge on any atom is -0.348 e. The molecule has 1 aliphatic heterocycles. The summed E-state index contributed by atoms with van der Waals surface area (Å²) in [5.41, 5.74) is 3.07. The molecule has 0 amide bonds. The molecule has 0 aliphatic carbocycles. The van der Waals surface area contributed by atoms with Crippen molar-refractivity contribution in [3.8, 4) is 0 Å². The summed E-state index contributed by atoms with van der Waals surface area (Å²) in [6.07, 6.45) is 0. The van der Waals surface area contributed by atoms with Crippen LogP contribution < -0.4 is 5.32 Å². The second-order valence-corrected chi connectivity index (χ2v) is 5.44. The van der Waals surface area contributed by atoms with E-state index in [0.717, 1.165) is 11.3 Å². The van der Waals surface area contributed by atoms with E-state index >= 15 is 0 Å². The Kier molecular flexibility index (Phi) is 3.68. The summed E-state index contributed by atoms with van der Waals surface area (Å²) >= 11 is 5.33. The van der Waals surface area contributed by atoms with Gasteiger partial charge in [0.2, 0.25) is 0 Å². The average molecular weight is 311 g/mol. The van der Waals surface area contributed by atoms with Gasteiger partial charge in [0.25, 0.3) is 5.69 Å². The number of benzodiazepines with no additional fused rings is 1. The van der Waals surface area contributed by atoms with E-state index < -0.39 is 4.92 Å². The molecule has 0 spiro atoms. The van der Waals surface area contributed by atoms with Gasteiger partial charge in [0.05, 0.1) is 16.7 Å². The molecule has 0 aromatic heterocycles. The van der Waals surface area contributed by atoms with Crippen LogP contribution >= 0.6 is 12.2 Å². The highest BCUT2D eigenvalue weighted by Gasteiger charge is 2.22. The lowest BCUT2D eigenvalue weighted by molar-refractivity contribution is -0.384. The van der Waals surface area contributed by atoms with E-state index in [9.17, 15) is 10.1 Å². The average Bonchev–Trinajstić information content (AvgIpc) is 2.65. The van der Waals surface area contributed by atoms with Gasteiger partial charge in [0.15, 0.2) is 0 Å². The molecule has 3 rings (SSSR count). The first-order valence-electron chi connectivity index (χ1n) is 6.79. The molecule has 1 heterocycles. The van der Waals surface area contributed by atoms with Gasteiger partial charge < -0.3 is 5.32 Å². The Hall–Kier alpha value is -2.60. The monoisotopic (exact) mass is 311 g/mol. The number of fused-ring (bicyclic) bond motifs is 1. The molecule has 0 fully saturated rings. The van der Waals surface area contributed by atoms with Gasteiger partial charge in [-0.05, 0) is 13.0 Å². The molecule has 110 valence electrons. The van der Waals surface area contributed by atoms with E-state index in [-0.39, 0.29) is 11.7 Å². The third kappa shape index (κ3) is 2.60. The Morgan fingerprint density at radius 1 is 1.23 bits per heavy atom. The molecule has 0 bridgehead atoms. The Labute approximate surface area is 132 Å². The number of aliphatic imine (C=N–C) groups is 1. The largest absolute Gasteiger partial charge is 0.348 e. The third-order valence-electron chi connectivity index (χ3n) is 3.48. The molecule has 0 saturated heterocycles. The van der Waals surface area contributed by atoms with Crippen molar-refractivity contribution < 1.29 is 4.92 Å². The lowest BCUT2D eigenvalue weighted by Gasteiger charge is -2.10. The fourth-order valence-corrected chi connectivity index (χ4v) is 2.50. The Bertz CT molecular complexity index is 787. The summed E-state index contributed by atoms with van der Waals surface area (Å²) in [5.74, 6) is 0. The summed E-state index contributed by atoms with van der Waals surface area (Å²) in [4.78, 5) is 15.9. The number of non-ortho nitro benzene ring substituents is 1. The SMILES string of the molecule is CC1N=C(c2ccccc2)c2cc([N+](=O)[O-])ccc2NC1=S. The van der Waals surface area contributed by atoms with Crippen LogP contribution in [0.2, 0.25) is 0 Å². The third-order valence-corrected chi connectivity index (χ3v) is 3.92. The Balaban J connectivity index is 2.24. The van der Waals surface area contributed by atoms with Crippen LogP contribution in [0.3, 0.4) is 0 Å². The van der Waals surface area contributed by atoms with Gasteiger partial charge in [-0.1, -0.05) is 42.5 Å². The summed E-state index contributed by atoms with van der Waals surface area (Å²) in [7, 11) is 0.